The molecule has 1 unspecified atom stereocenters. The molecule has 2 N–H and O–H groups in total. The molecule has 9 heteroatoms. The van der Waals surface area contributed by atoms with Gasteiger partial charge in [-0.05, 0) is 12.8 Å². The van der Waals surface area contributed by atoms with E-state index in [1.165, 1.54) is 0 Å². The van der Waals surface area contributed by atoms with Crippen molar-refractivity contribution in [1.82, 2.24) is 15.5 Å². The zero-order valence-electron chi connectivity index (χ0n) is 13.1. The van der Waals surface area contributed by atoms with Gasteiger partial charge in [0.15, 0.2) is 0 Å². The van der Waals surface area contributed by atoms with Gasteiger partial charge in [-0.3, -0.25) is 14.9 Å². The quantitative estimate of drug-likeness (QED) is 0.755. The van der Waals surface area contributed by atoms with Crippen LogP contribution in [0.5, 0.6) is 0 Å². The summed E-state index contributed by atoms with van der Waals surface area (Å²) in [5, 5.41) is 5.35. The fourth-order valence-corrected chi connectivity index (χ4v) is 2.82. The van der Waals surface area contributed by atoms with Crippen molar-refractivity contribution in [3.63, 3.8) is 0 Å². The maximum Gasteiger partial charge on any atom is 0.262 e. The molecule has 2 aliphatic heterocycles. The fraction of sp³-hybridized carbons (Fsp3) is 0.857. The molecule has 0 aromatic heterocycles. The van der Waals surface area contributed by atoms with Gasteiger partial charge in [-0.15, -0.1) is 12.4 Å². The molecule has 0 aliphatic carbocycles. The van der Waals surface area contributed by atoms with Crippen molar-refractivity contribution in [2.45, 2.75) is 43.7 Å². The topological polar surface area (TPSA) is 70.7 Å². The van der Waals surface area contributed by atoms with Crippen LogP contribution in [0.1, 0.15) is 25.7 Å². The standard InChI is InChI=1S/C14H23F2N3O3.ClH/c1-22-7-4-12(20)19-5-2-10(3-6-19)18-13(21)11-8-14(15,16)9-17-11;/h10-11,17H,2-9H2,1H3,(H,18,21);1H. The van der Waals surface area contributed by atoms with E-state index in [1.54, 1.807) is 12.0 Å². The van der Waals surface area contributed by atoms with Crippen molar-refractivity contribution < 1.29 is 23.1 Å². The number of ether oxygens (including phenoxy) is 1. The van der Waals surface area contributed by atoms with Gasteiger partial charge >= 0.3 is 0 Å². The second-order valence-electron chi connectivity index (χ2n) is 5.90. The van der Waals surface area contributed by atoms with E-state index in [4.69, 9.17) is 4.74 Å². The summed E-state index contributed by atoms with van der Waals surface area (Å²) >= 11 is 0. The lowest BCUT2D eigenvalue weighted by Crippen LogP contribution is -2.50. The Hall–Kier alpha value is -0.990. The van der Waals surface area contributed by atoms with Crippen LogP contribution in [0.2, 0.25) is 0 Å². The van der Waals surface area contributed by atoms with Gasteiger partial charge in [0, 0.05) is 32.7 Å². The SMILES string of the molecule is COCCC(=O)N1CCC(NC(=O)C2CC(F)(F)CN2)CC1.Cl. The van der Waals surface area contributed by atoms with Crippen LogP contribution < -0.4 is 10.6 Å². The molecule has 0 bridgehead atoms. The van der Waals surface area contributed by atoms with Crippen molar-refractivity contribution >= 4 is 24.2 Å². The highest BCUT2D eigenvalue weighted by Crippen LogP contribution is 2.25. The van der Waals surface area contributed by atoms with Crippen LogP contribution in [0.4, 0.5) is 8.78 Å². The van der Waals surface area contributed by atoms with Crippen LogP contribution in [0.3, 0.4) is 0 Å². The first kappa shape index (κ1) is 20.1. The molecule has 0 saturated carbocycles. The first-order valence-corrected chi connectivity index (χ1v) is 7.59. The van der Waals surface area contributed by atoms with Gasteiger partial charge in [0.25, 0.3) is 5.92 Å². The Labute approximate surface area is 140 Å². The van der Waals surface area contributed by atoms with Gasteiger partial charge in [-0.1, -0.05) is 0 Å². The number of piperidine rings is 1. The van der Waals surface area contributed by atoms with Crippen molar-refractivity contribution in [3.05, 3.63) is 0 Å². The number of halogens is 3. The number of nitrogens with one attached hydrogen (secondary N) is 2. The number of carbonyl (C=O) groups is 2. The minimum Gasteiger partial charge on any atom is -0.384 e. The number of methoxy groups -OCH3 is 1. The smallest absolute Gasteiger partial charge is 0.262 e. The molecule has 134 valence electrons. The largest absolute Gasteiger partial charge is 0.384 e. The molecule has 2 saturated heterocycles. The average molecular weight is 356 g/mol. The number of nitrogens with zero attached hydrogens (tertiary/aromatic N) is 1. The zero-order chi connectivity index (χ0) is 16.2. The third-order valence-electron chi connectivity index (χ3n) is 4.14. The minimum atomic E-state index is -2.81. The number of hydrogen-bond acceptors (Lipinski definition) is 4. The molecule has 0 radical (unpaired) electrons. The summed E-state index contributed by atoms with van der Waals surface area (Å²) in [6, 6.07) is -0.883. The predicted molar refractivity (Wildman–Crippen MR) is 82.8 cm³/mol. The fourth-order valence-electron chi connectivity index (χ4n) is 2.82. The lowest BCUT2D eigenvalue weighted by atomic mass is 10.0. The summed E-state index contributed by atoms with van der Waals surface area (Å²) in [5.41, 5.74) is 0. The molecule has 0 spiro atoms. The van der Waals surface area contributed by atoms with Gasteiger partial charge in [0.1, 0.15) is 0 Å². The lowest BCUT2D eigenvalue weighted by Gasteiger charge is -2.33. The molecular formula is C14H24ClF2N3O3. The molecule has 2 rings (SSSR count). The van der Waals surface area contributed by atoms with Crippen molar-refractivity contribution in [1.29, 1.82) is 0 Å². The minimum absolute atomic E-state index is 0. The van der Waals surface area contributed by atoms with E-state index in [0.717, 1.165) is 0 Å². The molecule has 6 nitrogen and oxygen atoms in total. The van der Waals surface area contributed by atoms with E-state index in [2.05, 4.69) is 10.6 Å². The number of amides is 2. The van der Waals surface area contributed by atoms with Crippen LogP contribution in [0.15, 0.2) is 0 Å². The highest BCUT2D eigenvalue weighted by atomic mass is 35.5. The summed E-state index contributed by atoms with van der Waals surface area (Å²) in [7, 11) is 1.55. The van der Waals surface area contributed by atoms with Crippen LogP contribution in [-0.4, -0.2) is 68.1 Å². The normalized spacial score (nSPS) is 24.1. The maximum atomic E-state index is 13.1. The van der Waals surface area contributed by atoms with E-state index >= 15 is 0 Å². The van der Waals surface area contributed by atoms with E-state index in [0.29, 0.717) is 39.0 Å². The highest BCUT2D eigenvalue weighted by Gasteiger charge is 2.42. The van der Waals surface area contributed by atoms with Crippen LogP contribution in [0.25, 0.3) is 0 Å². The molecule has 0 aromatic carbocycles. The number of hydrogen-bond donors (Lipinski definition) is 2. The summed E-state index contributed by atoms with van der Waals surface area (Å²) in [6.45, 7) is 1.10. The Kier molecular flexibility index (Phi) is 7.63. The third-order valence-corrected chi connectivity index (χ3v) is 4.14. The number of alkyl halides is 2. The monoisotopic (exact) mass is 355 g/mol. The van der Waals surface area contributed by atoms with Crippen LogP contribution in [-0.2, 0) is 14.3 Å². The molecule has 2 heterocycles. The summed E-state index contributed by atoms with van der Waals surface area (Å²) in [6.07, 6.45) is 1.20. The second-order valence-corrected chi connectivity index (χ2v) is 5.90. The van der Waals surface area contributed by atoms with Gasteiger partial charge in [-0.2, -0.15) is 0 Å². The van der Waals surface area contributed by atoms with E-state index < -0.39 is 24.9 Å². The Bertz CT molecular complexity index is 418. The predicted octanol–water partition coefficient (Wildman–Crippen LogP) is 0.549. The first-order valence-electron chi connectivity index (χ1n) is 7.59. The molecular weight excluding hydrogens is 332 g/mol. The van der Waals surface area contributed by atoms with E-state index in [1.807, 2.05) is 0 Å². The number of carbonyl (C=O) groups excluding carboxylic acids is 2. The van der Waals surface area contributed by atoms with Gasteiger partial charge < -0.3 is 15.0 Å². The van der Waals surface area contributed by atoms with Gasteiger partial charge in [-0.25, -0.2) is 8.78 Å². The van der Waals surface area contributed by atoms with Crippen LogP contribution in [0, 0.1) is 0 Å². The number of likely N-dealkylation sites (tertiary alicyclic amines) is 1. The second kappa shape index (κ2) is 8.75. The van der Waals surface area contributed by atoms with Crippen LogP contribution >= 0.6 is 12.4 Å². The van der Waals surface area contributed by atoms with Gasteiger partial charge in [0.2, 0.25) is 11.8 Å². The summed E-state index contributed by atoms with van der Waals surface area (Å²) < 4.78 is 31.0. The van der Waals surface area contributed by atoms with Gasteiger partial charge in [0.05, 0.1) is 25.6 Å². The number of rotatable bonds is 5. The van der Waals surface area contributed by atoms with Crippen molar-refractivity contribution in [2.75, 3.05) is 33.4 Å². The summed E-state index contributed by atoms with van der Waals surface area (Å²) in [5.74, 6) is -3.14. The first-order chi connectivity index (χ1) is 10.4. The Balaban J connectivity index is 0.00000264. The molecule has 2 amide bonds. The van der Waals surface area contributed by atoms with E-state index in [-0.39, 0.29) is 30.3 Å². The molecule has 0 aromatic rings. The van der Waals surface area contributed by atoms with E-state index in [9.17, 15) is 18.4 Å². The molecule has 23 heavy (non-hydrogen) atoms. The third kappa shape index (κ3) is 5.86. The average Bonchev–Trinajstić information content (AvgIpc) is 2.86. The molecule has 1 atom stereocenters. The Morgan fingerprint density at radius 3 is 2.52 bits per heavy atom. The Morgan fingerprint density at radius 1 is 1.35 bits per heavy atom. The maximum absolute atomic E-state index is 13.1. The molecule has 2 aliphatic rings. The van der Waals surface area contributed by atoms with Crippen molar-refractivity contribution in [2.24, 2.45) is 0 Å². The summed E-state index contributed by atoms with van der Waals surface area (Å²) in [4.78, 5) is 25.5. The lowest BCUT2D eigenvalue weighted by molar-refractivity contribution is -0.133. The molecule has 2 fully saturated rings. The zero-order valence-corrected chi connectivity index (χ0v) is 14.0. The van der Waals surface area contributed by atoms with Crippen molar-refractivity contribution in [3.8, 4) is 0 Å². The Morgan fingerprint density at radius 2 is 2.00 bits per heavy atom. The highest BCUT2D eigenvalue weighted by molar-refractivity contribution is 5.85.